The molecule has 21 heavy (non-hydrogen) atoms. The van der Waals surface area contributed by atoms with Crippen LogP contribution >= 0.6 is 0 Å². The minimum absolute atomic E-state index is 0.470. The number of nitrogens with one attached hydrogen (secondary N) is 1. The van der Waals surface area contributed by atoms with Crippen molar-refractivity contribution in [1.82, 2.24) is 5.32 Å². The minimum atomic E-state index is -4.29. The van der Waals surface area contributed by atoms with Crippen LogP contribution in [0.4, 0.5) is 13.2 Å². The number of ether oxygens (including phenoxy) is 1. The lowest BCUT2D eigenvalue weighted by Crippen LogP contribution is -2.28. The van der Waals surface area contributed by atoms with Gasteiger partial charge in [0.05, 0.1) is 5.56 Å². The van der Waals surface area contributed by atoms with Crippen molar-refractivity contribution in [3.63, 3.8) is 0 Å². The van der Waals surface area contributed by atoms with Crippen LogP contribution in [0.3, 0.4) is 0 Å². The normalized spacial score (nSPS) is 16.9. The van der Waals surface area contributed by atoms with Crippen molar-refractivity contribution in [2.24, 2.45) is 5.92 Å². The predicted molar refractivity (Wildman–Crippen MR) is 76.4 cm³/mol. The molecule has 0 bridgehead atoms. The van der Waals surface area contributed by atoms with Gasteiger partial charge in [-0.15, -0.1) is 0 Å². The maximum absolute atomic E-state index is 12.4. The van der Waals surface area contributed by atoms with E-state index >= 15 is 0 Å². The van der Waals surface area contributed by atoms with E-state index in [-0.39, 0.29) is 0 Å². The topological polar surface area (TPSA) is 21.3 Å². The second-order valence-electron chi connectivity index (χ2n) is 5.58. The first kappa shape index (κ1) is 16.1. The van der Waals surface area contributed by atoms with Crippen LogP contribution < -0.4 is 10.1 Å². The molecule has 0 spiro atoms. The van der Waals surface area contributed by atoms with E-state index in [1.807, 2.05) is 0 Å². The first-order chi connectivity index (χ1) is 10.1. The van der Waals surface area contributed by atoms with Crippen LogP contribution in [-0.4, -0.2) is 19.7 Å². The van der Waals surface area contributed by atoms with E-state index in [4.69, 9.17) is 4.74 Å². The summed E-state index contributed by atoms with van der Waals surface area (Å²) in [6.07, 6.45) is 2.32. The fourth-order valence-electron chi connectivity index (χ4n) is 2.68. The van der Waals surface area contributed by atoms with Crippen LogP contribution in [0, 0.1) is 5.92 Å². The molecule has 2 rings (SSSR count). The molecule has 0 heterocycles. The summed E-state index contributed by atoms with van der Waals surface area (Å²) in [5, 5.41) is 3.36. The highest BCUT2D eigenvalue weighted by atomic mass is 19.4. The van der Waals surface area contributed by atoms with Crippen molar-refractivity contribution in [1.29, 1.82) is 0 Å². The van der Waals surface area contributed by atoms with Crippen LogP contribution in [0.15, 0.2) is 24.3 Å². The molecule has 0 saturated heterocycles. The van der Waals surface area contributed by atoms with Gasteiger partial charge >= 0.3 is 6.18 Å². The number of rotatable bonds is 6. The van der Waals surface area contributed by atoms with Crippen LogP contribution in [0.5, 0.6) is 5.75 Å². The maximum Gasteiger partial charge on any atom is 0.416 e. The molecular weight excluding hydrogens is 279 g/mol. The summed E-state index contributed by atoms with van der Waals surface area (Å²) in [6.45, 7) is 2.20. The fourth-order valence-corrected chi connectivity index (χ4v) is 2.68. The number of benzene rings is 1. The highest BCUT2D eigenvalue weighted by Crippen LogP contribution is 2.30. The SMILES string of the molecule is FC(F)(F)c1ccc(OCCNCC2CCCCC2)cc1. The highest BCUT2D eigenvalue weighted by molar-refractivity contribution is 5.28. The Morgan fingerprint density at radius 2 is 1.71 bits per heavy atom. The summed E-state index contributed by atoms with van der Waals surface area (Å²) in [5.74, 6) is 1.24. The Balaban J connectivity index is 1.62. The Morgan fingerprint density at radius 1 is 1.05 bits per heavy atom. The molecule has 0 aromatic heterocycles. The van der Waals surface area contributed by atoms with E-state index in [1.165, 1.54) is 44.2 Å². The summed E-state index contributed by atoms with van der Waals surface area (Å²) in [6, 6.07) is 4.82. The van der Waals surface area contributed by atoms with Gasteiger partial charge in [-0.1, -0.05) is 19.3 Å². The molecule has 1 aromatic rings. The summed E-state index contributed by atoms with van der Waals surface area (Å²) < 4.78 is 42.6. The molecule has 1 aliphatic carbocycles. The van der Waals surface area contributed by atoms with Gasteiger partial charge in [-0.25, -0.2) is 0 Å². The van der Waals surface area contributed by atoms with Gasteiger partial charge in [-0.2, -0.15) is 13.2 Å². The molecule has 0 aliphatic heterocycles. The van der Waals surface area contributed by atoms with E-state index in [9.17, 15) is 13.2 Å². The smallest absolute Gasteiger partial charge is 0.416 e. The number of hydrogen-bond acceptors (Lipinski definition) is 2. The molecule has 118 valence electrons. The van der Waals surface area contributed by atoms with Crippen molar-refractivity contribution < 1.29 is 17.9 Å². The zero-order valence-electron chi connectivity index (χ0n) is 12.1. The fraction of sp³-hybridized carbons (Fsp3) is 0.625. The van der Waals surface area contributed by atoms with E-state index in [0.717, 1.165) is 31.1 Å². The van der Waals surface area contributed by atoms with Crippen LogP contribution in [0.1, 0.15) is 37.7 Å². The third kappa shape index (κ3) is 5.58. The average Bonchev–Trinajstić information content (AvgIpc) is 2.47. The Bertz CT molecular complexity index is 411. The Hall–Kier alpha value is -1.23. The van der Waals surface area contributed by atoms with Crippen molar-refractivity contribution in [3.8, 4) is 5.75 Å². The lowest BCUT2D eigenvalue weighted by Gasteiger charge is -2.21. The Morgan fingerprint density at radius 3 is 2.33 bits per heavy atom. The van der Waals surface area contributed by atoms with Gasteiger partial charge in [0.2, 0.25) is 0 Å². The first-order valence-electron chi connectivity index (χ1n) is 7.56. The zero-order chi connectivity index (χ0) is 15.1. The third-order valence-corrected chi connectivity index (χ3v) is 3.89. The van der Waals surface area contributed by atoms with Crippen molar-refractivity contribution in [2.45, 2.75) is 38.3 Å². The van der Waals surface area contributed by atoms with Gasteiger partial charge in [0.1, 0.15) is 12.4 Å². The molecule has 0 radical (unpaired) electrons. The summed E-state index contributed by atoms with van der Waals surface area (Å²) in [7, 11) is 0. The molecule has 0 atom stereocenters. The van der Waals surface area contributed by atoms with Gasteiger partial charge in [0, 0.05) is 6.54 Å². The van der Waals surface area contributed by atoms with Gasteiger partial charge in [-0.3, -0.25) is 0 Å². The van der Waals surface area contributed by atoms with Crippen LogP contribution in [0.2, 0.25) is 0 Å². The maximum atomic E-state index is 12.4. The van der Waals surface area contributed by atoms with E-state index in [0.29, 0.717) is 12.4 Å². The highest BCUT2D eigenvalue weighted by Gasteiger charge is 2.29. The molecular formula is C16H22F3NO. The molecule has 1 fully saturated rings. The molecule has 0 unspecified atom stereocenters. The molecule has 1 aromatic carbocycles. The molecule has 1 saturated carbocycles. The van der Waals surface area contributed by atoms with E-state index < -0.39 is 11.7 Å². The van der Waals surface area contributed by atoms with Crippen molar-refractivity contribution in [2.75, 3.05) is 19.7 Å². The van der Waals surface area contributed by atoms with Gasteiger partial charge in [-0.05, 0) is 49.6 Å². The molecule has 1 aliphatic rings. The zero-order valence-corrected chi connectivity index (χ0v) is 12.1. The lowest BCUT2D eigenvalue weighted by molar-refractivity contribution is -0.137. The lowest BCUT2D eigenvalue weighted by atomic mass is 9.89. The minimum Gasteiger partial charge on any atom is -0.492 e. The first-order valence-corrected chi connectivity index (χ1v) is 7.56. The standard InChI is InChI=1S/C16H22F3NO/c17-16(18,19)14-6-8-15(9-7-14)21-11-10-20-12-13-4-2-1-3-5-13/h6-9,13,20H,1-5,10-12H2. The summed E-state index contributed by atoms with van der Waals surface area (Å²) in [4.78, 5) is 0. The number of hydrogen-bond donors (Lipinski definition) is 1. The van der Waals surface area contributed by atoms with Gasteiger partial charge in [0.15, 0.2) is 0 Å². The van der Waals surface area contributed by atoms with Crippen LogP contribution in [-0.2, 0) is 6.18 Å². The molecule has 2 nitrogen and oxygen atoms in total. The molecule has 0 amide bonds. The predicted octanol–water partition coefficient (Wildman–Crippen LogP) is 4.25. The largest absolute Gasteiger partial charge is 0.492 e. The Labute approximate surface area is 123 Å². The third-order valence-electron chi connectivity index (χ3n) is 3.89. The van der Waals surface area contributed by atoms with Crippen LogP contribution in [0.25, 0.3) is 0 Å². The van der Waals surface area contributed by atoms with Crippen molar-refractivity contribution in [3.05, 3.63) is 29.8 Å². The monoisotopic (exact) mass is 301 g/mol. The average molecular weight is 301 g/mol. The second-order valence-corrected chi connectivity index (χ2v) is 5.58. The van der Waals surface area contributed by atoms with E-state index in [1.54, 1.807) is 0 Å². The Kier molecular flexibility index (Phi) is 5.91. The summed E-state index contributed by atoms with van der Waals surface area (Å²) >= 11 is 0. The van der Waals surface area contributed by atoms with Gasteiger partial charge in [0.25, 0.3) is 0 Å². The number of halogens is 3. The van der Waals surface area contributed by atoms with E-state index in [2.05, 4.69) is 5.32 Å². The number of alkyl halides is 3. The molecule has 5 heteroatoms. The molecule has 1 N–H and O–H groups in total. The van der Waals surface area contributed by atoms with Gasteiger partial charge < -0.3 is 10.1 Å². The quantitative estimate of drug-likeness (QED) is 0.793. The van der Waals surface area contributed by atoms with Crippen molar-refractivity contribution >= 4 is 0 Å². The summed E-state index contributed by atoms with van der Waals surface area (Å²) in [5.41, 5.74) is -0.648. The second kappa shape index (κ2) is 7.69.